The van der Waals surface area contributed by atoms with Crippen molar-refractivity contribution in [3.05, 3.63) is 59.4 Å². The molecule has 0 nitrogen and oxygen atoms in total. The molecule has 92 valence electrons. The van der Waals surface area contributed by atoms with Gasteiger partial charge < -0.3 is 24.8 Å². The Hall–Kier alpha value is 0.0343. The molecule has 1 aromatic heterocycles. The fourth-order valence-corrected chi connectivity index (χ4v) is 6.80. The van der Waals surface area contributed by atoms with Crippen LogP contribution in [0.15, 0.2) is 48.3 Å². The molecular formula is C14H13Cl2PTi. The first-order valence-electron chi connectivity index (χ1n) is 5.49. The molecule has 1 aliphatic rings. The molecule has 2 unspecified atom stereocenters. The Labute approximate surface area is 131 Å². The van der Waals surface area contributed by atoms with Crippen LogP contribution < -0.4 is 28.4 Å². The summed E-state index contributed by atoms with van der Waals surface area (Å²) < 4.78 is 2.48. The third-order valence-corrected chi connectivity index (χ3v) is 8.75. The van der Waals surface area contributed by atoms with E-state index in [1.54, 1.807) is 9.16 Å². The van der Waals surface area contributed by atoms with Gasteiger partial charge in [0.2, 0.25) is 0 Å². The SMILES string of the molecule is Cp1ccc[c]1[Ti+2][CH]1C=Cc2ccccc21.[Cl-].[Cl-]. The third kappa shape index (κ3) is 3.13. The van der Waals surface area contributed by atoms with Gasteiger partial charge in [-0.2, -0.15) is 0 Å². The van der Waals surface area contributed by atoms with Crippen molar-refractivity contribution in [3.8, 4) is 0 Å². The predicted molar refractivity (Wildman–Crippen MR) is 68.0 cm³/mol. The van der Waals surface area contributed by atoms with Gasteiger partial charge in [0.25, 0.3) is 0 Å². The molecule has 0 saturated heterocycles. The molecule has 2 atom stereocenters. The first-order valence-corrected chi connectivity index (χ1v) is 9.03. The van der Waals surface area contributed by atoms with Crippen LogP contribution >= 0.6 is 7.53 Å². The summed E-state index contributed by atoms with van der Waals surface area (Å²) in [5.74, 6) is 2.37. The largest absolute Gasteiger partial charge is 1.00 e. The summed E-state index contributed by atoms with van der Waals surface area (Å²) in [7, 11) is 0.0683. The normalized spacial score (nSPS) is 16.3. The van der Waals surface area contributed by atoms with Gasteiger partial charge in [-0.1, -0.05) is 0 Å². The Morgan fingerprint density at radius 3 is 2.56 bits per heavy atom. The number of allylic oxidation sites excluding steroid dienone is 1. The first kappa shape index (κ1) is 16.1. The molecule has 2 aromatic rings. The van der Waals surface area contributed by atoms with E-state index in [9.17, 15) is 0 Å². The van der Waals surface area contributed by atoms with E-state index in [-0.39, 0.29) is 51.5 Å². The maximum absolute atomic E-state index is 2.41. The van der Waals surface area contributed by atoms with Gasteiger partial charge in [-0.3, -0.25) is 0 Å². The van der Waals surface area contributed by atoms with E-state index in [1.807, 2.05) is 0 Å². The van der Waals surface area contributed by atoms with Gasteiger partial charge in [-0.25, -0.2) is 0 Å². The van der Waals surface area contributed by atoms with Crippen molar-refractivity contribution in [2.24, 2.45) is 6.66 Å². The van der Waals surface area contributed by atoms with Crippen molar-refractivity contribution in [2.75, 3.05) is 0 Å². The second-order valence-electron chi connectivity index (χ2n) is 4.11. The zero-order valence-electron chi connectivity index (χ0n) is 9.98. The molecule has 0 amide bonds. The van der Waals surface area contributed by atoms with Gasteiger partial charge in [0.15, 0.2) is 0 Å². The number of halogens is 2. The zero-order valence-corrected chi connectivity index (χ0v) is 13.9. The molecule has 0 N–H and O–H groups in total. The van der Waals surface area contributed by atoms with Crippen molar-refractivity contribution in [3.63, 3.8) is 0 Å². The number of hydrogen-bond acceptors (Lipinski definition) is 0. The molecule has 1 aliphatic carbocycles. The topological polar surface area (TPSA) is 0 Å². The Morgan fingerprint density at radius 2 is 1.83 bits per heavy atom. The summed E-state index contributed by atoms with van der Waals surface area (Å²) in [6, 6.07) is 13.4. The molecule has 0 spiro atoms. The van der Waals surface area contributed by atoms with Gasteiger partial charge in [-0.15, -0.1) is 0 Å². The summed E-state index contributed by atoms with van der Waals surface area (Å²) in [5.41, 5.74) is 2.99. The summed E-state index contributed by atoms with van der Waals surface area (Å²) >= 11 is -0.0165. The minimum absolute atomic E-state index is 0. The first-order chi connectivity index (χ1) is 7.84. The van der Waals surface area contributed by atoms with Crippen molar-refractivity contribution in [1.82, 2.24) is 0 Å². The van der Waals surface area contributed by atoms with Crippen LogP contribution in [0.25, 0.3) is 6.08 Å². The number of rotatable bonds is 2. The van der Waals surface area contributed by atoms with Crippen LogP contribution in [0.1, 0.15) is 15.3 Å². The minimum atomic E-state index is -0.0165. The predicted octanol–water partition coefficient (Wildman–Crippen LogP) is -2.31. The molecule has 1 heterocycles. The average Bonchev–Trinajstić information content (AvgIpc) is 2.88. The van der Waals surface area contributed by atoms with Gasteiger partial charge in [0.05, 0.1) is 0 Å². The van der Waals surface area contributed by atoms with E-state index in [0.29, 0.717) is 0 Å². The van der Waals surface area contributed by atoms with Crippen LogP contribution in [0.4, 0.5) is 0 Å². The standard InChI is InChI=1S/C9H7.C5H6P.2ClH.Ti/c1-2-5-9-7-3-6-8(9)4-1;1-6-4-2-3-5-6;;;/h1-7H;2-4H,1H3;2*1H;/q;;;;+2/p-2. The Morgan fingerprint density at radius 1 is 1.06 bits per heavy atom. The van der Waals surface area contributed by atoms with Gasteiger partial charge in [-0.05, 0) is 0 Å². The zero-order chi connectivity index (χ0) is 11.0. The molecule has 0 saturated carbocycles. The van der Waals surface area contributed by atoms with Crippen molar-refractivity contribution in [1.29, 1.82) is 0 Å². The van der Waals surface area contributed by atoms with Gasteiger partial charge in [0, 0.05) is 0 Å². The molecular weight excluding hydrogens is 318 g/mol. The van der Waals surface area contributed by atoms with Crippen molar-refractivity contribution >= 4 is 17.2 Å². The summed E-state index contributed by atoms with van der Waals surface area (Å²) in [4.78, 5) is 0. The van der Waals surface area contributed by atoms with E-state index < -0.39 is 0 Å². The quantitative estimate of drug-likeness (QED) is 0.543. The van der Waals surface area contributed by atoms with E-state index in [0.717, 1.165) is 4.22 Å². The van der Waals surface area contributed by atoms with Crippen molar-refractivity contribution in [2.45, 2.75) is 4.22 Å². The third-order valence-electron chi connectivity index (χ3n) is 3.05. The average molecular weight is 331 g/mol. The van der Waals surface area contributed by atoms with E-state index in [1.165, 1.54) is 5.56 Å². The Balaban J connectivity index is 0.000000810. The number of benzene rings is 1. The molecule has 0 bridgehead atoms. The van der Waals surface area contributed by atoms with Crippen LogP contribution in [-0.2, 0) is 25.8 Å². The fraction of sp³-hybridized carbons (Fsp3) is 0.143. The van der Waals surface area contributed by atoms with Gasteiger partial charge >= 0.3 is 107 Å². The number of aryl methyl sites for hydroxylation is 1. The second kappa shape index (κ2) is 6.99. The molecule has 18 heavy (non-hydrogen) atoms. The molecule has 0 aliphatic heterocycles. The summed E-state index contributed by atoms with van der Waals surface area (Å²) in [5, 5.41) is 0. The smallest absolute Gasteiger partial charge is 1.00 e. The van der Waals surface area contributed by atoms with E-state index >= 15 is 0 Å². The maximum Gasteiger partial charge on any atom is -1.00 e. The van der Waals surface area contributed by atoms with Crippen LogP contribution in [-0.4, -0.2) is 0 Å². The molecule has 4 heteroatoms. The van der Waals surface area contributed by atoms with E-state index in [4.69, 9.17) is 0 Å². The van der Waals surface area contributed by atoms with Gasteiger partial charge in [0.1, 0.15) is 0 Å². The Bertz CT molecular complexity index is 548. The molecule has 0 radical (unpaired) electrons. The molecule has 0 fully saturated rings. The van der Waals surface area contributed by atoms with Crippen LogP contribution in [0.3, 0.4) is 0 Å². The summed E-state index contributed by atoms with van der Waals surface area (Å²) in [6.45, 7) is 2.37. The maximum atomic E-state index is 2.41. The molecule has 3 rings (SSSR count). The van der Waals surface area contributed by atoms with Crippen LogP contribution in [0.5, 0.6) is 0 Å². The summed E-state index contributed by atoms with van der Waals surface area (Å²) in [6.07, 6.45) is 4.71. The van der Waals surface area contributed by atoms with Crippen LogP contribution in [0, 0.1) is 0 Å². The van der Waals surface area contributed by atoms with Crippen LogP contribution in [0.2, 0.25) is 0 Å². The minimum Gasteiger partial charge on any atom is -1.00 e. The number of fused-ring (bicyclic) bond motifs is 1. The number of hydrogen-bond donors (Lipinski definition) is 0. The van der Waals surface area contributed by atoms with E-state index in [2.05, 4.69) is 61.0 Å². The Kier molecular flexibility index (Phi) is 6.25. The second-order valence-corrected chi connectivity index (χ2v) is 9.04. The van der Waals surface area contributed by atoms with Crippen molar-refractivity contribution < 1.29 is 44.0 Å². The monoisotopic (exact) mass is 330 g/mol. The molecule has 1 aromatic carbocycles. The fourth-order valence-electron chi connectivity index (χ4n) is 2.15.